The number of amidine groups is 2. The summed E-state index contributed by atoms with van der Waals surface area (Å²) < 4.78 is 77.0. The number of anilines is 1. The van der Waals surface area contributed by atoms with Crippen LogP contribution in [0.3, 0.4) is 0 Å². The molecule has 2 atom stereocenters. The number of rotatable bonds is 41. The third-order valence-corrected chi connectivity index (χ3v) is 30.5. The first kappa shape index (κ1) is 130. The quantitative estimate of drug-likeness (QED) is 0.00617. The minimum atomic E-state index is -1.48. The molecule has 149 heavy (non-hydrogen) atoms. The minimum absolute atomic E-state index is 0.0395. The number of carbonyl (C=O) groups excluding carboxylic acids is 2. The summed E-state index contributed by atoms with van der Waals surface area (Å²) in [7, 11) is 190. The Morgan fingerprint density at radius 1 is 0.423 bits per heavy atom. The number of carboxylic acid groups (broad SMARTS) is 2. The number of aromatic nitrogens is 6. The molecule has 12 rings (SSSR count). The van der Waals surface area contributed by atoms with Gasteiger partial charge in [-0.15, -0.1) is 22.7 Å². The molecule has 4 aromatic heterocycles. The third-order valence-electron chi connectivity index (χ3n) is 28.0. The molecule has 0 amide bonds. The molecule has 662 valence electrons. The van der Waals surface area contributed by atoms with E-state index in [-0.39, 0.29) is 78.3 Å². The van der Waals surface area contributed by atoms with Crippen LogP contribution in [-0.2, 0) is 39.9 Å². The Morgan fingerprint density at radius 3 is 0.987 bits per heavy atom. The van der Waals surface area contributed by atoms with Gasteiger partial charge in [0.15, 0.2) is 45.0 Å². The summed E-state index contributed by atoms with van der Waals surface area (Å²) in [5.74, 6) is -7.51. The summed E-state index contributed by atoms with van der Waals surface area (Å²) >= 11 is 20.7. The standard InChI is InChI=1S/C30H29ClF2N6O5S.C21H21ClF2N4O2S.C9H9ClN2O3.CH3F.B56/c1-2-44-28(42)20-23(37-25(26-34-7-10-45-26)38-24(20)18-3-4-19(32)22(33)21(18)31)15-5-8-39(9-6-15)29-35-13-17(14-36-29)30(43)11-16(12-30)27(40)41;1-2-30-21(29)14-17(11-5-7-25-8-6-11)27-19(20-26-9-10-31-20)28-18(14)12-3-4-13(23)16(24)15(12)22;10-8-11-3-6(4-12-8)9(15)1-5(2-9)7(13)14;1-2;1-30(2)44(29)51(43(27)28)55(52(45(31(3)4)32(5)6)46(33(7)8)34(9)10)56(53(47(35(11)12)36(13)14)48(37(15)16)38(17)18)54(49(39(19)20)40(21)22)50(41(23)24)42(25)26/h3-4,7,10,13-16,24,43H,2,5-6,8-9,11-12H2,1H3,(H,37,38)(H,40,41);3-4,9-11,18,25H,2,5-8H2,1H3,(H,27,28);3-5,15H,1-2H2,(H,13,14);1H3;. The average Bonchev–Trinajstić information content (AvgIpc) is 0.956. The van der Waals surface area contributed by atoms with Crippen LogP contribution in [0.1, 0.15) is 110 Å². The first-order valence-electron chi connectivity index (χ1n) is 47.6. The topological polar surface area (TPSA) is 309 Å². The molecule has 88 heteroatoms. The van der Waals surface area contributed by atoms with Crippen LogP contribution in [0.4, 0.5) is 27.9 Å². The number of aliphatic imine (C=N–C) groups is 2. The Kier molecular flexibility index (Phi) is 51.7. The van der Waals surface area contributed by atoms with E-state index in [0.717, 1.165) is 38.1 Å². The maximum absolute atomic E-state index is 14.6. The van der Waals surface area contributed by atoms with Gasteiger partial charge in [-0.1, -0.05) is 35.3 Å². The van der Waals surface area contributed by atoms with Gasteiger partial charge < -0.3 is 50.8 Å². The summed E-state index contributed by atoms with van der Waals surface area (Å²) in [5.41, 5.74) is 0.621. The second-order valence-electron chi connectivity index (χ2n) is 37.6. The number of nitrogens with zero attached hydrogens (tertiary/aromatic N) is 9. The van der Waals surface area contributed by atoms with Crippen LogP contribution in [0.2, 0.25) is 15.3 Å². The molecule has 2 saturated heterocycles. The Balaban J connectivity index is 0.000000258. The van der Waals surface area contributed by atoms with Crippen molar-refractivity contribution in [3.05, 3.63) is 166 Å². The Labute approximate surface area is 943 Å². The maximum atomic E-state index is 14.6. The largest absolute Gasteiger partial charge is 0.481 e. The lowest BCUT2D eigenvalue weighted by Gasteiger charge is -2.58. The van der Waals surface area contributed by atoms with Crippen molar-refractivity contribution in [3.63, 3.8) is 0 Å². The zero-order chi connectivity index (χ0) is 111. The molecular formula is C61H62B56Cl3F5N12O10S2. The lowest BCUT2D eigenvalue weighted by molar-refractivity contribution is -0.160. The Hall–Kier alpha value is -4.00. The number of carboxylic acids is 2. The molecule has 4 fully saturated rings. The fraction of sp³-hybridized carbons (Fsp3) is 0.410. The normalized spacial score (nSPS) is 17.9. The van der Waals surface area contributed by atoms with Crippen molar-refractivity contribution < 1.29 is 71.0 Å². The summed E-state index contributed by atoms with van der Waals surface area (Å²) in [4.78, 5) is 84.7. The van der Waals surface area contributed by atoms with E-state index in [1.807, 2.05) is 10.3 Å². The fourth-order valence-corrected chi connectivity index (χ4v) is 22.9. The van der Waals surface area contributed by atoms with Crippen LogP contribution in [0.5, 0.6) is 0 Å². The lowest BCUT2D eigenvalue weighted by atomic mass is 8.23. The number of ether oxygens (including phenoxy) is 2. The van der Waals surface area contributed by atoms with E-state index in [4.69, 9.17) is 284 Å². The zero-order valence-corrected chi connectivity index (χ0v) is 86.1. The van der Waals surface area contributed by atoms with Crippen LogP contribution < -0.4 is 20.9 Å². The highest BCUT2D eigenvalue weighted by Crippen LogP contribution is 2.49. The second-order valence-corrected chi connectivity index (χ2v) is 40.5. The van der Waals surface area contributed by atoms with Gasteiger partial charge in [-0.05, 0) is 102 Å². The zero-order valence-electron chi connectivity index (χ0n) is 82.2. The second kappa shape index (κ2) is 59.2. The molecule has 22 nitrogen and oxygen atoms in total. The Bertz CT molecular complexity index is 5330. The van der Waals surface area contributed by atoms with Gasteiger partial charge in [0.05, 0.1) is 64.6 Å². The predicted octanol–water partition coefficient (Wildman–Crippen LogP) is -11.6. The number of hydrogen-bond acceptors (Lipinski definition) is 22. The smallest absolute Gasteiger partial charge is 0.338 e. The Morgan fingerprint density at radius 2 is 0.711 bits per heavy atom. The number of carbonyl (C=O) groups is 4. The number of esters is 2. The molecule has 2 aromatic carbocycles. The van der Waals surface area contributed by atoms with Crippen LogP contribution in [0, 0.1) is 46.9 Å². The van der Waals surface area contributed by atoms with Crippen molar-refractivity contribution in [1.82, 2.24) is 45.9 Å². The molecule has 8 heterocycles. The van der Waals surface area contributed by atoms with Gasteiger partial charge in [0.2, 0.25) is 11.2 Å². The van der Waals surface area contributed by atoms with Crippen LogP contribution in [0.25, 0.3) is 0 Å². The van der Waals surface area contributed by atoms with Gasteiger partial charge in [0.1, 0.15) is 12.1 Å². The number of alkyl halides is 1. The van der Waals surface area contributed by atoms with Crippen molar-refractivity contribution in [1.29, 1.82) is 0 Å². The number of nitrogens with one attached hydrogen (secondary N) is 3. The van der Waals surface area contributed by atoms with Gasteiger partial charge in [-0.2, -0.15) is 0 Å². The number of halogens is 8. The molecule has 4 aliphatic heterocycles. The highest BCUT2D eigenvalue weighted by Gasteiger charge is 2.63. The van der Waals surface area contributed by atoms with E-state index in [1.165, 1.54) is 59.6 Å². The number of aliphatic carboxylic acids is 2. The summed E-state index contributed by atoms with van der Waals surface area (Å²) in [5, 5.41) is 52.5. The van der Waals surface area contributed by atoms with Crippen LogP contribution in [-0.4, -0.2) is 529 Å². The maximum Gasteiger partial charge on any atom is 0.338 e. The first-order valence-corrected chi connectivity index (χ1v) is 50.5. The highest BCUT2D eigenvalue weighted by atomic mass is 35.5. The molecule has 2 aliphatic carbocycles. The van der Waals surface area contributed by atoms with Crippen molar-refractivity contribution in [2.75, 3.05) is 51.5 Å². The fourth-order valence-electron chi connectivity index (χ4n) is 21.1. The molecule has 0 bridgehead atoms. The molecule has 2 unspecified atom stereocenters. The van der Waals surface area contributed by atoms with Gasteiger partial charge >= 0.3 is 23.9 Å². The molecular weight excluding hydrogens is 1930 g/mol. The van der Waals surface area contributed by atoms with Gasteiger partial charge in [-0.25, -0.2) is 57.1 Å². The first-order chi connectivity index (χ1) is 70.0. The van der Waals surface area contributed by atoms with E-state index < -0.39 is 265 Å². The van der Waals surface area contributed by atoms with E-state index in [2.05, 4.69) is 50.8 Å². The molecule has 58 radical (unpaired) electrons. The van der Waals surface area contributed by atoms with Crippen molar-refractivity contribution in [2.24, 2.45) is 33.7 Å². The SMILES string of the molecule is CCOC(=O)C1=C(C2CCN(c3ncc(C4(O)CC(C(=O)O)C4)cn3)CC2)NC(c2nccs2)=NC1c1ccc(F)c(F)c1Cl.CCOC(=O)C1=C(C2CCNCC2)NC(c2nccs2)=NC1c1ccc(F)c(F)c1Cl.CF.O=C(O)C1CC(O)(c2cnc(Cl)nc2)C1.[B]B([B])B([B])B(B([B])[B])B(B(B(B([B])[B])B([B])[B])B(B([B])[B])B([B])[B])B(B(B(B([B])[B])B([B])[B])B(B([B])[B])B([B])[B])B(B(B([B])[B])B([B])[B])B(B([B])[B])B([B])[B]. The number of allylic oxidation sites excluding steroid dienone is 2. The molecule has 2 saturated carbocycles. The van der Waals surface area contributed by atoms with E-state index in [9.17, 15) is 51.3 Å². The van der Waals surface area contributed by atoms with Crippen molar-refractivity contribution >= 4 is 496 Å². The van der Waals surface area contributed by atoms with Gasteiger partial charge in [-0.3, -0.25) is 24.0 Å². The minimum Gasteiger partial charge on any atom is -0.481 e. The highest BCUT2D eigenvalue weighted by molar-refractivity contribution is 8.37. The van der Waals surface area contributed by atoms with E-state index in [0.29, 0.717) is 83.3 Å². The van der Waals surface area contributed by atoms with Crippen LogP contribution >= 0.6 is 57.5 Å². The van der Waals surface area contributed by atoms with Crippen LogP contribution in [0.15, 0.2) is 105 Å². The van der Waals surface area contributed by atoms with Gasteiger partial charge in [0.25, 0.3) is 0 Å². The summed E-state index contributed by atoms with van der Waals surface area (Å²) in [6.45, 7) is 6.29. The number of hydrogen-bond donors (Lipinski definition) is 7. The number of piperidine rings is 2. The predicted molar refractivity (Wildman–Crippen MR) is 656 cm³/mol. The third kappa shape index (κ3) is 32.3. The summed E-state index contributed by atoms with van der Waals surface area (Å²) in [6.07, 6.45) is -24.6. The number of thiazole rings is 2. The number of benzene rings is 2. The molecule has 6 aliphatic rings. The van der Waals surface area contributed by atoms with Crippen molar-refractivity contribution in [3.8, 4) is 0 Å². The molecule has 6 aromatic rings. The average molecular weight is 1990 g/mol. The van der Waals surface area contributed by atoms with Gasteiger partial charge in [0, 0.05) is 503 Å². The summed E-state index contributed by atoms with van der Waals surface area (Å²) in [6, 6.07) is 2.60. The monoisotopic (exact) mass is 2000 g/mol. The lowest BCUT2D eigenvalue weighted by Crippen LogP contribution is -2.96. The van der Waals surface area contributed by atoms with Crippen molar-refractivity contribution in [2.45, 2.75) is 88.5 Å². The molecule has 0 spiro atoms. The molecule has 7 N–H and O–H groups in total. The van der Waals surface area contributed by atoms with E-state index in [1.54, 1.807) is 31.6 Å². The van der Waals surface area contributed by atoms with E-state index >= 15 is 0 Å². The number of aliphatic hydroxyl groups is 2.